The number of fused-ring (bicyclic) bond motifs is 1. The second-order valence-corrected chi connectivity index (χ2v) is 10.9. The van der Waals surface area contributed by atoms with Gasteiger partial charge in [-0.3, -0.25) is 9.78 Å². The summed E-state index contributed by atoms with van der Waals surface area (Å²) in [4.78, 5) is 18.6. The van der Waals surface area contributed by atoms with Crippen molar-refractivity contribution < 1.29 is 23.1 Å². The van der Waals surface area contributed by atoms with Gasteiger partial charge in [-0.05, 0) is 37.3 Å². The Hall–Kier alpha value is -2.01. The highest BCUT2D eigenvalue weighted by Crippen LogP contribution is 2.35. The Balaban J connectivity index is 1.89. The first-order chi connectivity index (χ1) is 15.1. The predicted octanol–water partition coefficient (Wildman–Crippen LogP) is 2.31. The minimum atomic E-state index is -3.87. The average molecular weight is 526 g/mol. The van der Waals surface area contributed by atoms with Crippen LogP contribution in [0.3, 0.4) is 0 Å². The SMILES string of the molecule is C[C@H]1CN([C@@H](C)CO)S(=O)(=O)c2ccc(Br)cc2O[C@H]1CN(C)C(=O)Cc1ccccn1. The third kappa shape index (κ3) is 5.48. The minimum absolute atomic E-state index is 0.0420. The fourth-order valence-corrected chi connectivity index (χ4v) is 5.75. The van der Waals surface area contributed by atoms with E-state index in [4.69, 9.17) is 4.74 Å². The number of benzene rings is 1. The van der Waals surface area contributed by atoms with E-state index in [2.05, 4.69) is 20.9 Å². The number of nitrogens with zero attached hydrogens (tertiary/aromatic N) is 3. The van der Waals surface area contributed by atoms with Crippen molar-refractivity contribution in [3.05, 3.63) is 52.8 Å². The van der Waals surface area contributed by atoms with Gasteiger partial charge in [0.25, 0.3) is 0 Å². The summed E-state index contributed by atoms with van der Waals surface area (Å²) >= 11 is 3.38. The summed E-state index contributed by atoms with van der Waals surface area (Å²) in [5, 5.41) is 9.68. The molecule has 1 aromatic heterocycles. The zero-order chi connectivity index (χ0) is 23.5. The lowest BCUT2D eigenvalue weighted by Crippen LogP contribution is -2.50. The van der Waals surface area contributed by atoms with Crippen LogP contribution in [0.2, 0.25) is 0 Å². The molecule has 0 saturated carbocycles. The normalized spacial score (nSPS) is 21.5. The lowest BCUT2D eigenvalue weighted by atomic mass is 10.0. The molecule has 0 fully saturated rings. The fourth-order valence-electron chi connectivity index (χ4n) is 3.58. The maximum absolute atomic E-state index is 13.3. The van der Waals surface area contributed by atoms with Crippen LogP contribution in [0.5, 0.6) is 5.75 Å². The Labute approximate surface area is 197 Å². The highest BCUT2D eigenvalue weighted by Gasteiger charge is 2.38. The molecule has 1 aliphatic heterocycles. The van der Waals surface area contributed by atoms with Crippen LogP contribution in [-0.4, -0.2) is 72.5 Å². The Kier molecular flexibility index (Phi) is 7.92. The van der Waals surface area contributed by atoms with E-state index in [-0.39, 0.29) is 48.6 Å². The van der Waals surface area contributed by atoms with Gasteiger partial charge in [0.2, 0.25) is 15.9 Å². The summed E-state index contributed by atoms with van der Waals surface area (Å²) in [5.41, 5.74) is 0.680. The Bertz CT molecular complexity index is 1050. The number of hydrogen-bond donors (Lipinski definition) is 1. The largest absolute Gasteiger partial charge is 0.487 e. The molecule has 0 radical (unpaired) electrons. The zero-order valence-electron chi connectivity index (χ0n) is 18.3. The van der Waals surface area contributed by atoms with Crippen LogP contribution >= 0.6 is 15.9 Å². The first-order valence-electron chi connectivity index (χ1n) is 10.4. The van der Waals surface area contributed by atoms with Crippen molar-refractivity contribution in [3.63, 3.8) is 0 Å². The van der Waals surface area contributed by atoms with Gasteiger partial charge in [-0.2, -0.15) is 4.31 Å². The number of carbonyl (C=O) groups is 1. The number of hydrogen-bond acceptors (Lipinski definition) is 6. The highest BCUT2D eigenvalue weighted by atomic mass is 79.9. The van der Waals surface area contributed by atoms with Gasteiger partial charge in [0.1, 0.15) is 16.7 Å². The van der Waals surface area contributed by atoms with Gasteiger partial charge in [0.05, 0.1) is 19.6 Å². The average Bonchev–Trinajstić information content (AvgIpc) is 2.76. The summed E-state index contributed by atoms with van der Waals surface area (Å²) < 4.78 is 34.8. The summed E-state index contributed by atoms with van der Waals surface area (Å²) in [5.74, 6) is -0.128. The maximum atomic E-state index is 13.3. The van der Waals surface area contributed by atoms with Crippen molar-refractivity contribution in [3.8, 4) is 5.75 Å². The number of aliphatic hydroxyl groups is 1. The van der Waals surface area contributed by atoms with Crippen LogP contribution < -0.4 is 4.74 Å². The van der Waals surface area contributed by atoms with E-state index in [0.29, 0.717) is 10.2 Å². The number of likely N-dealkylation sites (N-methyl/N-ethyl adjacent to an activating group) is 1. The molecule has 0 aliphatic carbocycles. The van der Waals surface area contributed by atoms with Gasteiger partial charge >= 0.3 is 0 Å². The molecule has 3 rings (SSSR count). The molecule has 0 spiro atoms. The summed E-state index contributed by atoms with van der Waals surface area (Å²) in [6.45, 7) is 3.69. The summed E-state index contributed by atoms with van der Waals surface area (Å²) in [7, 11) is -2.17. The Morgan fingerprint density at radius 3 is 2.78 bits per heavy atom. The molecule has 2 heterocycles. The van der Waals surface area contributed by atoms with Gasteiger partial charge in [-0.1, -0.05) is 28.9 Å². The molecule has 1 aliphatic rings. The van der Waals surface area contributed by atoms with Crippen LogP contribution in [0.25, 0.3) is 0 Å². The number of sulfonamides is 1. The van der Waals surface area contributed by atoms with Crippen LogP contribution in [0.4, 0.5) is 0 Å². The molecule has 32 heavy (non-hydrogen) atoms. The topological polar surface area (TPSA) is 100 Å². The number of halogens is 1. The number of aromatic nitrogens is 1. The van der Waals surface area contributed by atoms with Gasteiger partial charge < -0.3 is 14.7 Å². The monoisotopic (exact) mass is 525 g/mol. The molecule has 0 saturated heterocycles. The number of carbonyl (C=O) groups excluding carboxylic acids is 1. The van der Waals surface area contributed by atoms with Crippen molar-refractivity contribution in [2.45, 2.75) is 37.3 Å². The quantitative estimate of drug-likeness (QED) is 0.621. The molecule has 1 N–H and O–H groups in total. The number of pyridine rings is 1. The standard InChI is InChI=1S/C22H28BrN3O5S/c1-15-12-26(16(2)14-27)32(29,30)21-8-7-17(23)10-19(21)31-20(15)13-25(3)22(28)11-18-6-4-5-9-24-18/h4-10,15-16,20,27H,11-14H2,1-3H3/t15-,16-,20-/m0/s1. The van der Waals surface area contributed by atoms with E-state index < -0.39 is 22.2 Å². The Morgan fingerprint density at radius 1 is 1.38 bits per heavy atom. The van der Waals surface area contributed by atoms with Crippen molar-refractivity contribution >= 4 is 31.9 Å². The molecular formula is C22H28BrN3O5S. The highest BCUT2D eigenvalue weighted by molar-refractivity contribution is 9.10. The number of ether oxygens (including phenoxy) is 1. The van der Waals surface area contributed by atoms with E-state index in [1.165, 1.54) is 10.4 Å². The first-order valence-corrected chi connectivity index (χ1v) is 12.6. The van der Waals surface area contributed by atoms with Crippen LogP contribution in [0.15, 0.2) is 52.0 Å². The van der Waals surface area contributed by atoms with Crippen molar-refractivity contribution in [2.75, 3.05) is 26.7 Å². The second kappa shape index (κ2) is 10.3. The first kappa shape index (κ1) is 24.6. The molecule has 0 unspecified atom stereocenters. The molecule has 1 aromatic carbocycles. The van der Waals surface area contributed by atoms with E-state index in [9.17, 15) is 18.3 Å². The number of amides is 1. The molecule has 8 nitrogen and oxygen atoms in total. The lowest BCUT2D eigenvalue weighted by Gasteiger charge is -2.37. The third-order valence-electron chi connectivity index (χ3n) is 5.57. The maximum Gasteiger partial charge on any atom is 0.247 e. The second-order valence-electron chi connectivity index (χ2n) is 8.10. The summed E-state index contributed by atoms with van der Waals surface area (Å²) in [6, 6.07) is 9.59. The Morgan fingerprint density at radius 2 is 2.12 bits per heavy atom. The zero-order valence-corrected chi connectivity index (χ0v) is 20.7. The lowest BCUT2D eigenvalue weighted by molar-refractivity contribution is -0.130. The molecule has 2 aromatic rings. The molecule has 1 amide bonds. The van der Waals surface area contributed by atoms with Crippen molar-refractivity contribution in [2.24, 2.45) is 5.92 Å². The van der Waals surface area contributed by atoms with Crippen molar-refractivity contribution in [1.82, 2.24) is 14.2 Å². The van der Waals surface area contributed by atoms with Gasteiger partial charge in [0.15, 0.2) is 0 Å². The van der Waals surface area contributed by atoms with E-state index in [1.807, 2.05) is 13.0 Å². The molecule has 0 bridgehead atoms. The molecule has 10 heteroatoms. The molecule has 3 atom stereocenters. The van der Waals surface area contributed by atoms with E-state index in [1.54, 1.807) is 49.3 Å². The third-order valence-corrected chi connectivity index (χ3v) is 8.08. The van der Waals surface area contributed by atoms with Crippen LogP contribution in [0, 0.1) is 5.92 Å². The van der Waals surface area contributed by atoms with E-state index >= 15 is 0 Å². The smallest absolute Gasteiger partial charge is 0.247 e. The number of aliphatic hydroxyl groups excluding tert-OH is 1. The van der Waals surface area contributed by atoms with Crippen LogP contribution in [0.1, 0.15) is 19.5 Å². The van der Waals surface area contributed by atoms with Gasteiger partial charge in [-0.25, -0.2) is 8.42 Å². The molecule has 174 valence electrons. The number of rotatable bonds is 6. The van der Waals surface area contributed by atoms with Gasteiger partial charge in [-0.15, -0.1) is 0 Å². The predicted molar refractivity (Wildman–Crippen MR) is 124 cm³/mol. The van der Waals surface area contributed by atoms with Crippen LogP contribution in [-0.2, 0) is 21.2 Å². The minimum Gasteiger partial charge on any atom is -0.487 e. The fraction of sp³-hybridized carbons (Fsp3) is 0.455. The van der Waals surface area contributed by atoms with Crippen molar-refractivity contribution in [1.29, 1.82) is 0 Å². The summed E-state index contributed by atoms with van der Waals surface area (Å²) in [6.07, 6.45) is 1.36. The van der Waals surface area contributed by atoms with E-state index in [0.717, 1.165) is 0 Å². The molecular weight excluding hydrogens is 498 g/mol. The van der Waals surface area contributed by atoms with Gasteiger partial charge in [0, 0.05) is 41.9 Å².